The highest BCUT2D eigenvalue weighted by Crippen LogP contribution is 2.32. The summed E-state index contributed by atoms with van der Waals surface area (Å²) in [6, 6.07) is -0.146. The molecule has 232 valence electrons. The first kappa shape index (κ1) is 36.2. The number of aliphatic hydroxyl groups excluding tert-OH is 3. The van der Waals surface area contributed by atoms with E-state index < -0.39 is 54.6 Å². The summed E-state index contributed by atoms with van der Waals surface area (Å²) >= 11 is 0. The lowest BCUT2D eigenvalue weighted by atomic mass is 9.81. The molecule has 4 N–H and O–H groups in total. The lowest BCUT2D eigenvalue weighted by molar-refractivity contribution is -0.264. The monoisotopic (exact) mass is 560 g/mol. The highest BCUT2D eigenvalue weighted by molar-refractivity contribution is 5.70. The van der Waals surface area contributed by atoms with E-state index in [9.17, 15) is 25.2 Å². The third-order valence-electron chi connectivity index (χ3n) is 9.06. The van der Waals surface area contributed by atoms with Gasteiger partial charge in [0.15, 0.2) is 6.29 Å². The predicted octanol–water partition coefficient (Wildman–Crippen LogP) is 3.30. The SMILES string of the molecule is CCC[C@H](C)[C@H](O)[C@@H](C)N(C)C[C@H](C)C[C@H](C)[C@@H](O)[C@@H](C)C(OC1CC(N(C)C)C(O)C(C)O1)[C@@H](C)C(=O)O. The Morgan fingerprint density at radius 1 is 1.03 bits per heavy atom. The van der Waals surface area contributed by atoms with Crippen molar-refractivity contribution in [2.24, 2.45) is 29.6 Å². The van der Waals surface area contributed by atoms with Gasteiger partial charge in [-0.1, -0.05) is 41.0 Å². The van der Waals surface area contributed by atoms with Gasteiger partial charge in [0.2, 0.25) is 0 Å². The van der Waals surface area contributed by atoms with E-state index >= 15 is 0 Å². The minimum absolute atomic E-state index is 0.0322. The maximum atomic E-state index is 12.0. The van der Waals surface area contributed by atoms with Crippen molar-refractivity contribution in [1.82, 2.24) is 9.80 Å². The average molecular weight is 561 g/mol. The van der Waals surface area contributed by atoms with Gasteiger partial charge in [0, 0.05) is 31.0 Å². The molecule has 0 bridgehead atoms. The zero-order chi connectivity index (χ0) is 30.2. The highest BCUT2D eigenvalue weighted by Gasteiger charge is 2.42. The van der Waals surface area contributed by atoms with Gasteiger partial charge in [-0.2, -0.15) is 0 Å². The number of aliphatic carboxylic acids is 1. The summed E-state index contributed by atoms with van der Waals surface area (Å²) in [5.74, 6) is -1.86. The van der Waals surface area contributed by atoms with Gasteiger partial charge in [-0.25, -0.2) is 0 Å². The fourth-order valence-corrected chi connectivity index (χ4v) is 6.22. The van der Waals surface area contributed by atoms with Crippen LogP contribution in [0.2, 0.25) is 0 Å². The minimum atomic E-state index is -0.986. The molecule has 0 radical (unpaired) electrons. The predicted molar refractivity (Wildman–Crippen MR) is 154 cm³/mol. The number of ether oxygens (including phenoxy) is 2. The van der Waals surface area contributed by atoms with Gasteiger partial charge in [-0.15, -0.1) is 0 Å². The van der Waals surface area contributed by atoms with Gasteiger partial charge in [0.1, 0.15) is 0 Å². The summed E-state index contributed by atoms with van der Waals surface area (Å²) in [6.07, 6.45) is -0.522. The number of likely N-dealkylation sites (N-methyl/N-ethyl adjacent to an activating group) is 2. The Balaban J connectivity index is 2.87. The zero-order valence-electron chi connectivity index (χ0n) is 26.4. The molecule has 0 aromatic carbocycles. The van der Waals surface area contributed by atoms with Crippen LogP contribution in [0.5, 0.6) is 0 Å². The van der Waals surface area contributed by atoms with Crippen molar-refractivity contribution in [3.05, 3.63) is 0 Å². The Morgan fingerprint density at radius 2 is 1.62 bits per heavy atom. The van der Waals surface area contributed by atoms with Crippen LogP contribution in [0.15, 0.2) is 0 Å². The number of nitrogens with zero attached hydrogens (tertiary/aromatic N) is 2. The molecule has 1 aliphatic heterocycles. The molecule has 9 nitrogen and oxygen atoms in total. The highest BCUT2D eigenvalue weighted by atomic mass is 16.7. The van der Waals surface area contributed by atoms with E-state index in [1.807, 2.05) is 39.9 Å². The molecule has 1 aliphatic rings. The minimum Gasteiger partial charge on any atom is -0.481 e. The second-order valence-electron chi connectivity index (χ2n) is 12.9. The fraction of sp³-hybridized carbons (Fsp3) is 0.967. The molecular weight excluding hydrogens is 500 g/mol. The Labute approximate surface area is 237 Å². The number of rotatable bonds is 17. The lowest BCUT2D eigenvalue weighted by Gasteiger charge is -2.43. The first-order valence-electron chi connectivity index (χ1n) is 15.0. The van der Waals surface area contributed by atoms with Crippen LogP contribution in [0.25, 0.3) is 0 Å². The quantitative estimate of drug-likeness (QED) is 0.212. The van der Waals surface area contributed by atoms with E-state index in [0.29, 0.717) is 6.42 Å². The van der Waals surface area contributed by atoms with E-state index in [-0.39, 0.29) is 29.8 Å². The maximum Gasteiger partial charge on any atom is 0.308 e. The molecule has 0 aliphatic carbocycles. The molecule has 0 spiro atoms. The molecule has 1 rings (SSSR count). The summed E-state index contributed by atoms with van der Waals surface area (Å²) in [5.41, 5.74) is 0. The van der Waals surface area contributed by atoms with Crippen molar-refractivity contribution >= 4 is 5.97 Å². The smallest absolute Gasteiger partial charge is 0.308 e. The number of aliphatic hydroxyl groups is 3. The maximum absolute atomic E-state index is 12.0. The van der Waals surface area contributed by atoms with Crippen LogP contribution in [0, 0.1) is 29.6 Å². The Hall–Kier alpha value is -0.810. The van der Waals surface area contributed by atoms with Crippen molar-refractivity contribution in [3.63, 3.8) is 0 Å². The van der Waals surface area contributed by atoms with Crippen molar-refractivity contribution in [3.8, 4) is 0 Å². The molecule has 39 heavy (non-hydrogen) atoms. The summed E-state index contributed by atoms with van der Waals surface area (Å²) < 4.78 is 12.2. The molecule has 1 heterocycles. The Bertz CT molecular complexity index is 711. The van der Waals surface area contributed by atoms with Gasteiger partial charge in [0.05, 0.1) is 36.4 Å². The van der Waals surface area contributed by atoms with Crippen molar-refractivity contribution in [2.45, 2.75) is 130 Å². The van der Waals surface area contributed by atoms with Crippen LogP contribution < -0.4 is 0 Å². The normalized spacial score (nSPS) is 29.3. The molecule has 1 fully saturated rings. The molecule has 0 aromatic heterocycles. The third-order valence-corrected chi connectivity index (χ3v) is 9.06. The molecule has 0 aromatic rings. The van der Waals surface area contributed by atoms with Gasteiger partial charge in [-0.05, 0) is 72.5 Å². The van der Waals surface area contributed by atoms with Crippen LogP contribution >= 0.6 is 0 Å². The topological polar surface area (TPSA) is 123 Å². The fourth-order valence-electron chi connectivity index (χ4n) is 6.22. The Morgan fingerprint density at radius 3 is 2.13 bits per heavy atom. The second kappa shape index (κ2) is 16.6. The molecule has 0 amide bonds. The van der Waals surface area contributed by atoms with Gasteiger partial charge in [-0.3, -0.25) is 4.79 Å². The van der Waals surface area contributed by atoms with E-state index in [2.05, 4.69) is 32.6 Å². The first-order chi connectivity index (χ1) is 18.0. The van der Waals surface area contributed by atoms with Crippen molar-refractivity contribution in [1.29, 1.82) is 0 Å². The van der Waals surface area contributed by atoms with Gasteiger partial charge >= 0.3 is 5.97 Å². The van der Waals surface area contributed by atoms with Crippen LogP contribution in [0.4, 0.5) is 0 Å². The van der Waals surface area contributed by atoms with E-state index in [0.717, 1.165) is 25.8 Å². The number of carbonyl (C=O) groups is 1. The molecule has 5 unspecified atom stereocenters. The second-order valence-corrected chi connectivity index (χ2v) is 12.9. The Kier molecular flexibility index (Phi) is 15.4. The number of carboxylic acid groups (broad SMARTS) is 1. The van der Waals surface area contributed by atoms with Crippen molar-refractivity contribution < 1.29 is 34.7 Å². The summed E-state index contributed by atoms with van der Waals surface area (Å²) in [4.78, 5) is 16.1. The van der Waals surface area contributed by atoms with Crippen molar-refractivity contribution in [2.75, 3.05) is 27.7 Å². The number of hydrogen-bond acceptors (Lipinski definition) is 8. The first-order valence-corrected chi connectivity index (χ1v) is 15.0. The summed E-state index contributed by atoms with van der Waals surface area (Å²) in [6.45, 7) is 16.5. The van der Waals surface area contributed by atoms with E-state index in [1.165, 1.54) is 0 Å². The molecule has 9 heteroatoms. The molecular formula is C30H60N2O7. The van der Waals surface area contributed by atoms with Crippen LogP contribution in [-0.2, 0) is 14.3 Å². The molecule has 13 atom stereocenters. The van der Waals surface area contributed by atoms with E-state index in [1.54, 1.807) is 13.8 Å². The summed E-state index contributed by atoms with van der Waals surface area (Å²) in [5, 5.41) is 42.4. The largest absolute Gasteiger partial charge is 0.481 e. The standard InChI is InChI=1S/C30H60N2O7/c1-12-13-18(3)27(34)22(7)32(11)16-17(2)14-19(4)26(33)20(5)29(21(6)30(36)37)39-25-15-24(31(9)10)28(35)23(8)38-25/h17-29,33-35H,12-16H2,1-11H3,(H,36,37)/t17-,18+,19+,20-,21-,22-,23?,24?,25?,26-,27+,28?,29?/m1/s1. The molecule has 0 saturated carbocycles. The van der Waals surface area contributed by atoms with E-state index in [4.69, 9.17) is 9.47 Å². The average Bonchev–Trinajstić information content (AvgIpc) is 2.86. The van der Waals surface area contributed by atoms with Crippen LogP contribution in [-0.4, -0.2) is 113 Å². The number of carboxylic acids is 1. The third kappa shape index (κ3) is 10.5. The zero-order valence-corrected chi connectivity index (χ0v) is 26.4. The van der Waals surface area contributed by atoms with Gasteiger partial charge < -0.3 is 39.7 Å². The summed E-state index contributed by atoms with van der Waals surface area (Å²) in [7, 11) is 5.81. The molecule has 1 saturated heterocycles. The van der Waals surface area contributed by atoms with Gasteiger partial charge in [0.25, 0.3) is 0 Å². The van der Waals surface area contributed by atoms with Crippen LogP contribution in [0.1, 0.15) is 81.1 Å². The number of hydrogen-bond donors (Lipinski definition) is 4. The van der Waals surface area contributed by atoms with Crippen LogP contribution in [0.3, 0.4) is 0 Å². The lowest BCUT2D eigenvalue weighted by Crippen LogP contribution is -2.55.